The summed E-state index contributed by atoms with van der Waals surface area (Å²) in [5.41, 5.74) is 7.67. The molecule has 0 atom stereocenters. The van der Waals surface area contributed by atoms with E-state index in [9.17, 15) is 39.6 Å². The molecule has 6 N–H and O–H groups in total. The Labute approximate surface area is 250 Å². The van der Waals surface area contributed by atoms with E-state index in [4.69, 9.17) is 9.97 Å². The maximum atomic E-state index is 11.4. The lowest BCUT2D eigenvalue weighted by molar-refractivity contribution is -0.138. The molecule has 8 bridgehead atoms. The number of nitrogens with zero attached hydrogens (tertiary/aromatic N) is 2. The van der Waals surface area contributed by atoms with E-state index < -0.39 is 23.9 Å². The molecule has 0 unspecified atom stereocenters. The summed E-state index contributed by atoms with van der Waals surface area (Å²) in [6, 6.07) is 10.8. The van der Waals surface area contributed by atoms with E-state index in [1.165, 1.54) is 0 Å². The van der Waals surface area contributed by atoms with Crippen LogP contribution in [0.3, 0.4) is 0 Å². The third-order valence-corrected chi connectivity index (χ3v) is 7.31. The number of carbonyl (C=O) groups is 4. The largest absolute Gasteiger partial charge is 0.481 e. The molecule has 226 valence electrons. The van der Waals surface area contributed by atoms with E-state index in [1.54, 1.807) is 30.4 Å². The van der Waals surface area contributed by atoms with Gasteiger partial charge in [-0.15, -0.1) is 0 Å². The summed E-state index contributed by atoms with van der Waals surface area (Å²) in [6.45, 7) is 0. The van der Waals surface area contributed by atoms with E-state index in [1.807, 2.05) is 18.2 Å². The average molecular weight is 599 g/mol. The van der Waals surface area contributed by atoms with Crippen LogP contribution in [-0.4, -0.2) is 64.2 Å². The first-order chi connectivity index (χ1) is 21.0. The van der Waals surface area contributed by atoms with Crippen molar-refractivity contribution >= 4 is 69.2 Å². The molecule has 0 aliphatic carbocycles. The van der Waals surface area contributed by atoms with Gasteiger partial charge in [-0.1, -0.05) is 0 Å². The molecule has 2 aliphatic rings. The Morgan fingerprint density at radius 2 is 0.932 bits per heavy atom. The van der Waals surface area contributed by atoms with Crippen LogP contribution >= 0.6 is 0 Å². The molecule has 12 nitrogen and oxygen atoms in total. The van der Waals surface area contributed by atoms with Gasteiger partial charge in [0.15, 0.2) is 0 Å². The molecular formula is C32H30N4O8. The highest BCUT2D eigenvalue weighted by molar-refractivity contribution is 5.89. The van der Waals surface area contributed by atoms with Crippen LogP contribution in [0.5, 0.6) is 0 Å². The fourth-order valence-electron chi connectivity index (χ4n) is 5.25. The zero-order chi connectivity index (χ0) is 31.4. The van der Waals surface area contributed by atoms with Crippen molar-refractivity contribution in [3.05, 3.63) is 70.3 Å². The van der Waals surface area contributed by atoms with Gasteiger partial charge in [0.1, 0.15) is 0 Å². The van der Waals surface area contributed by atoms with Crippen LogP contribution in [0, 0.1) is 0 Å². The van der Waals surface area contributed by atoms with Crippen LogP contribution in [-0.2, 0) is 32.0 Å². The van der Waals surface area contributed by atoms with Crippen molar-refractivity contribution in [3.8, 4) is 0 Å². The minimum Gasteiger partial charge on any atom is -0.481 e. The summed E-state index contributed by atoms with van der Waals surface area (Å²) in [6.07, 6.45) is 4.18. The quantitative estimate of drug-likeness (QED) is 0.161. The molecule has 0 saturated carbocycles. The zero-order valence-electron chi connectivity index (χ0n) is 23.6. The van der Waals surface area contributed by atoms with Crippen molar-refractivity contribution in [2.24, 2.45) is 0 Å². The van der Waals surface area contributed by atoms with Gasteiger partial charge in [-0.25, -0.2) is 9.97 Å². The van der Waals surface area contributed by atoms with Crippen molar-refractivity contribution in [2.75, 3.05) is 0 Å². The molecule has 44 heavy (non-hydrogen) atoms. The van der Waals surface area contributed by atoms with Gasteiger partial charge in [-0.2, -0.15) is 0 Å². The van der Waals surface area contributed by atoms with E-state index in [0.717, 1.165) is 11.1 Å². The maximum Gasteiger partial charge on any atom is 0.303 e. The zero-order valence-corrected chi connectivity index (χ0v) is 23.6. The number of hydrogen-bond acceptors (Lipinski definition) is 6. The molecule has 2 aliphatic heterocycles. The molecule has 5 rings (SSSR count). The van der Waals surface area contributed by atoms with Crippen LogP contribution in [0.1, 0.15) is 72.4 Å². The Bertz CT molecular complexity index is 1900. The topological polar surface area (TPSA) is 207 Å². The number of aromatic nitrogens is 4. The third kappa shape index (κ3) is 7.46. The third-order valence-electron chi connectivity index (χ3n) is 7.31. The van der Waals surface area contributed by atoms with Gasteiger partial charge < -0.3 is 30.4 Å². The number of aryl methyl sites for hydroxylation is 2. The van der Waals surface area contributed by atoms with Crippen LogP contribution in [0.4, 0.5) is 0 Å². The number of carboxylic acids is 4. The SMILES string of the molecule is O=C(O)CCC1=Cc2cc3[nH]c(cc3CCC(=O)O)cc3[nH]c(cc4nc(cc1n2)C=C4CCC(=O)O)cc3CCC(=O)O. The Hall–Kier alpha value is -5.52. The van der Waals surface area contributed by atoms with Crippen molar-refractivity contribution in [1.82, 2.24) is 19.9 Å². The van der Waals surface area contributed by atoms with Crippen molar-refractivity contribution in [2.45, 2.75) is 51.4 Å². The molecule has 0 fully saturated rings. The first-order valence-corrected chi connectivity index (χ1v) is 14.1. The molecule has 5 heterocycles. The van der Waals surface area contributed by atoms with Gasteiger partial charge in [-0.05, 0) is 96.5 Å². The van der Waals surface area contributed by atoms with Crippen LogP contribution in [0.15, 0.2) is 36.4 Å². The van der Waals surface area contributed by atoms with E-state index in [0.29, 0.717) is 56.0 Å². The normalized spacial score (nSPS) is 12.5. The van der Waals surface area contributed by atoms with E-state index in [-0.39, 0.29) is 51.4 Å². The lowest BCUT2D eigenvalue weighted by Crippen LogP contribution is -1.96. The highest BCUT2D eigenvalue weighted by Crippen LogP contribution is 2.31. The first-order valence-electron chi connectivity index (χ1n) is 14.1. The molecule has 3 aromatic heterocycles. The predicted octanol–water partition coefficient (Wildman–Crippen LogP) is 5.16. The average Bonchev–Trinajstić information content (AvgIpc) is 3.70. The fourth-order valence-corrected chi connectivity index (χ4v) is 5.25. The number of rotatable bonds is 12. The molecule has 12 heteroatoms. The smallest absolute Gasteiger partial charge is 0.303 e. The van der Waals surface area contributed by atoms with Crippen molar-refractivity contribution < 1.29 is 39.6 Å². The van der Waals surface area contributed by atoms with Crippen LogP contribution in [0.2, 0.25) is 0 Å². The highest BCUT2D eigenvalue weighted by Gasteiger charge is 2.17. The van der Waals surface area contributed by atoms with Gasteiger partial charge in [0.25, 0.3) is 0 Å². The van der Waals surface area contributed by atoms with E-state index in [2.05, 4.69) is 9.97 Å². The Morgan fingerprint density at radius 1 is 0.523 bits per heavy atom. The molecule has 0 aromatic carbocycles. The Morgan fingerprint density at radius 3 is 1.43 bits per heavy atom. The second-order valence-corrected chi connectivity index (χ2v) is 10.7. The summed E-state index contributed by atoms with van der Waals surface area (Å²) in [7, 11) is 0. The van der Waals surface area contributed by atoms with Crippen molar-refractivity contribution in [3.63, 3.8) is 0 Å². The molecule has 0 radical (unpaired) electrons. The number of allylic oxidation sites excluding steroid dienone is 2. The lowest BCUT2D eigenvalue weighted by atomic mass is 10.1. The van der Waals surface area contributed by atoms with Crippen LogP contribution < -0.4 is 0 Å². The Balaban J connectivity index is 1.77. The number of H-pyrrole nitrogens is 2. The van der Waals surface area contributed by atoms with Crippen LogP contribution in [0.25, 0.3) is 45.4 Å². The highest BCUT2D eigenvalue weighted by atomic mass is 16.4. The molecule has 0 spiro atoms. The predicted molar refractivity (Wildman–Crippen MR) is 162 cm³/mol. The van der Waals surface area contributed by atoms with E-state index >= 15 is 0 Å². The second-order valence-electron chi connectivity index (χ2n) is 10.7. The van der Waals surface area contributed by atoms with Gasteiger partial charge >= 0.3 is 23.9 Å². The second kappa shape index (κ2) is 12.8. The molecule has 3 aromatic rings. The monoisotopic (exact) mass is 598 g/mol. The molecular weight excluding hydrogens is 568 g/mol. The summed E-state index contributed by atoms with van der Waals surface area (Å²) in [4.78, 5) is 61.6. The van der Waals surface area contributed by atoms with Gasteiger partial charge in [0, 0.05) is 47.8 Å². The minimum absolute atomic E-state index is 0.0850. The summed E-state index contributed by atoms with van der Waals surface area (Å²) in [5.74, 6) is -3.78. The van der Waals surface area contributed by atoms with Gasteiger partial charge in [0.05, 0.1) is 22.8 Å². The standard InChI is InChI=1S/C32H30N4O8/c37-29(38)5-1-17-9-21-14-26-19(3-7-31(41)42)11-23(35-26)16-28-20(4-8-32(43)44)12-24(36-28)15-27-18(2-6-30(39)40)10-22(34-27)13-25(17)33-21/h9-16,33-34H,1-8H2,(H,37,38)(H,39,40)(H,41,42)(H,43,44). The molecule has 0 amide bonds. The summed E-state index contributed by atoms with van der Waals surface area (Å²) >= 11 is 0. The minimum atomic E-state index is -0.950. The molecule has 0 saturated heterocycles. The summed E-state index contributed by atoms with van der Waals surface area (Å²) in [5, 5.41) is 37.2. The Kier molecular flexibility index (Phi) is 8.70. The number of hydrogen-bond donors (Lipinski definition) is 6. The number of aliphatic carboxylic acids is 4. The maximum absolute atomic E-state index is 11.4. The summed E-state index contributed by atoms with van der Waals surface area (Å²) < 4.78 is 0. The lowest BCUT2D eigenvalue weighted by Gasteiger charge is -1.98. The number of nitrogens with one attached hydrogen (secondary N) is 2. The number of fused-ring (bicyclic) bond motifs is 8. The van der Waals surface area contributed by atoms with Gasteiger partial charge in [0.2, 0.25) is 0 Å². The number of aromatic amines is 2. The van der Waals surface area contributed by atoms with Gasteiger partial charge in [-0.3, -0.25) is 19.2 Å². The fraction of sp³-hybridized carbons (Fsp3) is 0.250. The van der Waals surface area contributed by atoms with Crippen molar-refractivity contribution in [1.29, 1.82) is 0 Å². The first kappa shape index (κ1) is 30.0. The number of carboxylic acid groups (broad SMARTS) is 4.